The van der Waals surface area contributed by atoms with Crippen LogP contribution in [0.25, 0.3) is 0 Å². The summed E-state index contributed by atoms with van der Waals surface area (Å²) in [4.78, 5) is 24.1. The lowest BCUT2D eigenvalue weighted by atomic mass is 10.2. The second-order valence-corrected chi connectivity index (χ2v) is 6.32. The van der Waals surface area contributed by atoms with Crippen molar-refractivity contribution in [3.8, 4) is 11.5 Å². The number of fused-ring (bicyclic) bond motifs is 1. The molecule has 0 aromatic heterocycles. The lowest BCUT2D eigenvalue weighted by Gasteiger charge is -2.18. The van der Waals surface area contributed by atoms with Gasteiger partial charge in [-0.15, -0.1) is 0 Å². The molecule has 0 spiro atoms. The quantitative estimate of drug-likeness (QED) is 0.789. The minimum absolute atomic E-state index is 0.300. The first-order valence-corrected chi connectivity index (χ1v) is 8.45. The molecule has 1 aliphatic heterocycles. The molecule has 0 unspecified atom stereocenters. The fourth-order valence-corrected chi connectivity index (χ4v) is 2.88. The SMILES string of the molecule is Cc1ccc(NC(=O)COC(=O)c2ccc3c(c2)OCCO3)c(Br)c1. The molecule has 0 radical (unpaired) electrons. The third kappa shape index (κ3) is 4.30. The summed E-state index contributed by atoms with van der Waals surface area (Å²) in [5.41, 5.74) is 1.98. The summed E-state index contributed by atoms with van der Waals surface area (Å²) >= 11 is 3.38. The molecule has 1 amide bonds. The van der Waals surface area contributed by atoms with Crippen LogP contribution in [0.5, 0.6) is 11.5 Å². The zero-order valence-corrected chi connectivity index (χ0v) is 15.1. The van der Waals surface area contributed by atoms with Crippen LogP contribution in [0, 0.1) is 6.92 Å². The van der Waals surface area contributed by atoms with E-state index in [9.17, 15) is 9.59 Å². The Labute approximate surface area is 153 Å². The number of amides is 1. The molecule has 25 heavy (non-hydrogen) atoms. The molecule has 3 rings (SSSR count). The summed E-state index contributed by atoms with van der Waals surface area (Å²) in [6.45, 7) is 2.48. The van der Waals surface area contributed by atoms with Crippen LogP contribution in [0.1, 0.15) is 15.9 Å². The van der Waals surface area contributed by atoms with E-state index in [1.165, 1.54) is 0 Å². The highest BCUT2D eigenvalue weighted by Crippen LogP contribution is 2.31. The highest BCUT2D eigenvalue weighted by atomic mass is 79.9. The zero-order chi connectivity index (χ0) is 17.8. The molecule has 1 heterocycles. The van der Waals surface area contributed by atoms with E-state index in [1.807, 2.05) is 19.1 Å². The fourth-order valence-electron chi connectivity index (χ4n) is 2.29. The highest BCUT2D eigenvalue weighted by Gasteiger charge is 2.17. The summed E-state index contributed by atoms with van der Waals surface area (Å²) in [6.07, 6.45) is 0. The van der Waals surface area contributed by atoms with Crippen LogP contribution >= 0.6 is 15.9 Å². The number of hydrogen-bond acceptors (Lipinski definition) is 5. The minimum Gasteiger partial charge on any atom is -0.486 e. The van der Waals surface area contributed by atoms with Crippen LogP contribution in [0.15, 0.2) is 40.9 Å². The summed E-state index contributed by atoms with van der Waals surface area (Å²) in [6, 6.07) is 10.3. The maximum absolute atomic E-state index is 12.1. The molecular weight excluding hydrogens is 390 g/mol. The largest absolute Gasteiger partial charge is 0.486 e. The van der Waals surface area contributed by atoms with Gasteiger partial charge in [-0.05, 0) is 58.7 Å². The Balaban J connectivity index is 1.57. The van der Waals surface area contributed by atoms with Crippen LogP contribution in [-0.2, 0) is 9.53 Å². The number of hydrogen-bond donors (Lipinski definition) is 1. The van der Waals surface area contributed by atoms with Gasteiger partial charge in [0.2, 0.25) is 0 Å². The smallest absolute Gasteiger partial charge is 0.338 e. The number of esters is 1. The van der Waals surface area contributed by atoms with Crippen molar-refractivity contribution in [3.63, 3.8) is 0 Å². The number of benzene rings is 2. The average Bonchev–Trinajstić information content (AvgIpc) is 2.61. The first-order valence-electron chi connectivity index (χ1n) is 7.66. The predicted octanol–water partition coefficient (Wildman–Crippen LogP) is 3.32. The van der Waals surface area contributed by atoms with Crippen molar-refractivity contribution < 1.29 is 23.8 Å². The van der Waals surface area contributed by atoms with Gasteiger partial charge in [0.15, 0.2) is 18.1 Å². The van der Waals surface area contributed by atoms with Gasteiger partial charge in [-0.25, -0.2) is 4.79 Å². The average molecular weight is 406 g/mol. The summed E-state index contributed by atoms with van der Waals surface area (Å²) < 4.78 is 16.6. The van der Waals surface area contributed by atoms with Crippen molar-refractivity contribution in [2.24, 2.45) is 0 Å². The predicted molar refractivity (Wildman–Crippen MR) is 95.2 cm³/mol. The van der Waals surface area contributed by atoms with Gasteiger partial charge in [0.1, 0.15) is 13.2 Å². The number of carbonyl (C=O) groups excluding carboxylic acids is 2. The van der Waals surface area contributed by atoms with Crippen molar-refractivity contribution in [2.75, 3.05) is 25.1 Å². The monoisotopic (exact) mass is 405 g/mol. The van der Waals surface area contributed by atoms with Gasteiger partial charge in [-0.1, -0.05) is 6.07 Å². The summed E-state index contributed by atoms with van der Waals surface area (Å²) in [5.74, 6) is 0.0593. The molecule has 6 nitrogen and oxygen atoms in total. The van der Waals surface area contributed by atoms with Gasteiger partial charge in [-0.2, -0.15) is 0 Å². The van der Waals surface area contributed by atoms with Crippen molar-refractivity contribution in [1.29, 1.82) is 0 Å². The topological polar surface area (TPSA) is 73.9 Å². The van der Waals surface area contributed by atoms with E-state index in [1.54, 1.807) is 24.3 Å². The lowest BCUT2D eigenvalue weighted by Crippen LogP contribution is -2.21. The summed E-state index contributed by atoms with van der Waals surface area (Å²) in [5, 5.41) is 2.69. The molecular formula is C18H16BrNO5. The van der Waals surface area contributed by atoms with E-state index in [0.29, 0.717) is 36.0 Å². The fraction of sp³-hybridized carbons (Fsp3) is 0.222. The van der Waals surface area contributed by atoms with E-state index in [0.717, 1.165) is 10.0 Å². The van der Waals surface area contributed by atoms with Gasteiger partial charge in [0.25, 0.3) is 5.91 Å². The normalized spacial score (nSPS) is 12.4. The van der Waals surface area contributed by atoms with Gasteiger partial charge < -0.3 is 19.5 Å². The standard InChI is InChI=1S/C18H16BrNO5/c1-11-2-4-14(13(19)8-11)20-17(21)10-25-18(22)12-3-5-15-16(9-12)24-7-6-23-15/h2-5,8-9H,6-7,10H2,1H3,(H,20,21). The van der Waals surface area contributed by atoms with Crippen molar-refractivity contribution in [3.05, 3.63) is 52.0 Å². The number of aryl methyl sites for hydroxylation is 1. The molecule has 2 aromatic carbocycles. The van der Waals surface area contributed by atoms with Gasteiger partial charge >= 0.3 is 5.97 Å². The molecule has 0 bridgehead atoms. The molecule has 1 aliphatic rings. The van der Waals surface area contributed by atoms with Crippen LogP contribution < -0.4 is 14.8 Å². The van der Waals surface area contributed by atoms with E-state index >= 15 is 0 Å². The summed E-state index contributed by atoms with van der Waals surface area (Å²) in [7, 11) is 0. The Bertz CT molecular complexity index is 821. The van der Waals surface area contributed by atoms with Crippen LogP contribution in [-0.4, -0.2) is 31.7 Å². The van der Waals surface area contributed by atoms with E-state index in [4.69, 9.17) is 14.2 Å². The number of anilines is 1. The van der Waals surface area contributed by atoms with Crippen LogP contribution in [0.4, 0.5) is 5.69 Å². The number of carbonyl (C=O) groups is 2. The minimum atomic E-state index is -0.602. The Kier molecular flexibility index (Phi) is 5.23. The molecule has 130 valence electrons. The van der Waals surface area contributed by atoms with Gasteiger partial charge in [0.05, 0.1) is 11.3 Å². The molecule has 7 heteroatoms. The van der Waals surface area contributed by atoms with Crippen molar-refractivity contribution >= 4 is 33.5 Å². The Hall–Kier alpha value is -2.54. The maximum atomic E-state index is 12.1. The van der Waals surface area contributed by atoms with Crippen LogP contribution in [0.3, 0.4) is 0 Å². The van der Waals surface area contributed by atoms with E-state index < -0.39 is 11.9 Å². The molecule has 0 fully saturated rings. The maximum Gasteiger partial charge on any atom is 0.338 e. The third-order valence-corrected chi connectivity index (χ3v) is 4.17. The van der Waals surface area contributed by atoms with E-state index in [2.05, 4.69) is 21.2 Å². The second kappa shape index (κ2) is 7.57. The Morgan fingerprint density at radius 1 is 1.12 bits per heavy atom. The number of halogens is 1. The molecule has 0 saturated heterocycles. The first-order chi connectivity index (χ1) is 12.0. The van der Waals surface area contributed by atoms with Crippen LogP contribution in [0.2, 0.25) is 0 Å². The molecule has 0 aliphatic carbocycles. The number of rotatable bonds is 4. The van der Waals surface area contributed by atoms with Gasteiger partial charge in [-0.3, -0.25) is 4.79 Å². The second-order valence-electron chi connectivity index (χ2n) is 5.47. The lowest BCUT2D eigenvalue weighted by molar-refractivity contribution is -0.119. The Morgan fingerprint density at radius 2 is 1.88 bits per heavy atom. The zero-order valence-electron chi connectivity index (χ0n) is 13.5. The highest BCUT2D eigenvalue weighted by molar-refractivity contribution is 9.10. The number of ether oxygens (including phenoxy) is 3. The molecule has 2 aromatic rings. The van der Waals surface area contributed by atoms with Crippen molar-refractivity contribution in [1.82, 2.24) is 0 Å². The van der Waals surface area contributed by atoms with Gasteiger partial charge in [0, 0.05) is 4.47 Å². The molecule has 0 atom stereocenters. The number of nitrogens with one attached hydrogen (secondary N) is 1. The Morgan fingerprint density at radius 3 is 2.64 bits per heavy atom. The third-order valence-electron chi connectivity index (χ3n) is 3.51. The molecule has 1 N–H and O–H groups in total. The molecule has 0 saturated carbocycles. The van der Waals surface area contributed by atoms with E-state index in [-0.39, 0.29) is 6.61 Å². The first kappa shape index (κ1) is 17.3. The van der Waals surface area contributed by atoms with Crippen molar-refractivity contribution in [2.45, 2.75) is 6.92 Å².